The molecule has 1 rings (SSSR count). The van der Waals surface area contributed by atoms with Gasteiger partial charge in [0.25, 0.3) is 0 Å². The molecular weight excluding hydrogens is 154 g/mol. The van der Waals surface area contributed by atoms with Crippen LogP contribution in [0.5, 0.6) is 0 Å². The molecule has 0 bridgehead atoms. The van der Waals surface area contributed by atoms with Crippen molar-refractivity contribution in [2.24, 2.45) is 5.92 Å². The van der Waals surface area contributed by atoms with E-state index in [9.17, 15) is 4.79 Å². The summed E-state index contributed by atoms with van der Waals surface area (Å²) in [5.41, 5.74) is 0. The Labute approximate surface area is 73.5 Å². The summed E-state index contributed by atoms with van der Waals surface area (Å²) in [5, 5.41) is 2.86. The molecule has 0 aromatic carbocycles. The highest BCUT2D eigenvalue weighted by molar-refractivity contribution is 5.80. The van der Waals surface area contributed by atoms with Crippen molar-refractivity contribution in [1.29, 1.82) is 0 Å². The predicted molar refractivity (Wildman–Crippen MR) is 46.8 cm³/mol. The fourth-order valence-electron chi connectivity index (χ4n) is 1.20. The number of hydrogen-bond donors (Lipinski definition) is 1. The van der Waals surface area contributed by atoms with Gasteiger partial charge in [-0.2, -0.15) is 0 Å². The zero-order chi connectivity index (χ0) is 8.97. The van der Waals surface area contributed by atoms with Crippen molar-refractivity contribution in [3.63, 3.8) is 0 Å². The van der Waals surface area contributed by atoms with Crippen LogP contribution in [0.25, 0.3) is 0 Å². The minimum atomic E-state index is -0.177. The van der Waals surface area contributed by atoms with E-state index in [0.717, 1.165) is 26.0 Å². The van der Waals surface area contributed by atoms with Gasteiger partial charge in [-0.1, -0.05) is 13.8 Å². The molecule has 3 nitrogen and oxygen atoms in total. The van der Waals surface area contributed by atoms with E-state index in [-0.39, 0.29) is 12.0 Å². The monoisotopic (exact) mass is 171 g/mol. The normalized spacial score (nSPS) is 23.1. The van der Waals surface area contributed by atoms with Crippen LogP contribution in [0, 0.1) is 5.92 Å². The van der Waals surface area contributed by atoms with Crippen molar-refractivity contribution in [2.75, 3.05) is 13.2 Å². The number of nitrogens with one attached hydrogen (secondary N) is 1. The molecule has 1 aliphatic heterocycles. The summed E-state index contributed by atoms with van der Waals surface area (Å²) in [4.78, 5) is 11.3. The van der Waals surface area contributed by atoms with E-state index in [4.69, 9.17) is 4.74 Å². The smallest absolute Gasteiger partial charge is 0.249 e. The second-order valence-corrected chi connectivity index (χ2v) is 3.64. The summed E-state index contributed by atoms with van der Waals surface area (Å²) in [6.45, 7) is 5.64. The molecule has 0 aliphatic carbocycles. The standard InChI is InChI=1S/C9H17NO2/c1-7(2)6-10-9(11)8-4-3-5-12-8/h7-8H,3-6H2,1-2H3,(H,10,11). The number of carbonyl (C=O) groups is 1. The molecule has 1 unspecified atom stereocenters. The zero-order valence-electron chi connectivity index (χ0n) is 7.80. The number of amides is 1. The van der Waals surface area contributed by atoms with Crippen LogP contribution >= 0.6 is 0 Å². The van der Waals surface area contributed by atoms with Gasteiger partial charge in [-0.3, -0.25) is 4.79 Å². The molecule has 0 radical (unpaired) electrons. The van der Waals surface area contributed by atoms with Gasteiger partial charge in [0, 0.05) is 13.2 Å². The average Bonchev–Trinajstić information content (AvgIpc) is 2.51. The number of rotatable bonds is 3. The Balaban J connectivity index is 2.18. The lowest BCUT2D eigenvalue weighted by Gasteiger charge is -2.11. The maximum Gasteiger partial charge on any atom is 0.249 e. The third-order valence-corrected chi connectivity index (χ3v) is 1.91. The first kappa shape index (κ1) is 9.52. The maximum atomic E-state index is 11.3. The molecule has 1 N–H and O–H groups in total. The highest BCUT2D eigenvalue weighted by Crippen LogP contribution is 2.11. The van der Waals surface area contributed by atoms with E-state index < -0.39 is 0 Å². The van der Waals surface area contributed by atoms with Gasteiger partial charge in [-0.25, -0.2) is 0 Å². The van der Waals surface area contributed by atoms with Gasteiger partial charge < -0.3 is 10.1 Å². The van der Waals surface area contributed by atoms with Crippen LogP contribution in [0.1, 0.15) is 26.7 Å². The van der Waals surface area contributed by atoms with Crippen molar-refractivity contribution in [2.45, 2.75) is 32.8 Å². The van der Waals surface area contributed by atoms with Gasteiger partial charge in [0.1, 0.15) is 6.10 Å². The molecule has 12 heavy (non-hydrogen) atoms. The van der Waals surface area contributed by atoms with Crippen molar-refractivity contribution < 1.29 is 9.53 Å². The fraction of sp³-hybridized carbons (Fsp3) is 0.889. The average molecular weight is 171 g/mol. The van der Waals surface area contributed by atoms with Crippen LogP contribution in [0.15, 0.2) is 0 Å². The van der Waals surface area contributed by atoms with E-state index >= 15 is 0 Å². The van der Waals surface area contributed by atoms with E-state index in [1.165, 1.54) is 0 Å². The minimum Gasteiger partial charge on any atom is -0.368 e. The van der Waals surface area contributed by atoms with Gasteiger partial charge >= 0.3 is 0 Å². The van der Waals surface area contributed by atoms with Crippen LogP contribution in [-0.4, -0.2) is 25.2 Å². The molecule has 3 heteroatoms. The van der Waals surface area contributed by atoms with Crippen LogP contribution in [0.4, 0.5) is 0 Å². The highest BCUT2D eigenvalue weighted by Gasteiger charge is 2.22. The third-order valence-electron chi connectivity index (χ3n) is 1.91. The largest absolute Gasteiger partial charge is 0.368 e. The van der Waals surface area contributed by atoms with Crippen molar-refractivity contribution in [3.8, 4) is 0 Å². The van der Waals surface area contributed by atoms with Crippen LogP contribution in [0.3, 0.4) is 0 Å². The Morgan fingerprint density at radius 3 is 2.92 bits per heavy atom. The predicted octanol–water partition coefficient (Wildman–Crippen LogP) is 0.938. The topological polar surface area (TPSA) is 38.3 Å². The van der Waals surface area contributed by atoms with Gasteiger partial charge in [0.15, 0.2) is 0 Å². The SMILES string of the molecule is CC(C)CNC(=O)C1CCCO1. The zero-order valence-corrected chi connectivity index (χ0v) is 7.80. The van der Waals surface area contributed by atoms with Gasteiger partial charge in [-0.05, 0) is 18.8 Å². The first-order valence-electron chi connectivity index (χ1n) is 4.59. The molecule has 1 atom stereocenters. The van der Waals surface area contributed by atoms with E-state index in [2.05, 4.69) is 19.2 Å². The number of hydrogen-bond acceptors (Lipinski definition) is 2. The van der Waals surface area contributed by atoms with Crippen molar-refractivity contribution in [1.82, 2.24) is 5.32 Å². The fourth-order valence-corrected chi connectivity index (χ4v) is 1.20. The molecule has 0 aromatic heterocycles. The van der Waals surface area contributed by atoms with E-state index in [1.54, 1.807) is 0 Å². The lowest BCUT2D eigenvalue weighted by Crippen LogP contribution is -2.36. The quantitative estimate of drug-likeness (QED) is 0.686. The van der Waals surface area contributed by atoms with Gasteiger partial charge in [-0.15, -0.1) is 0 Å². The van der Waals surface area contributed by atoms with E-state index in [1.807, 2.05) is 0 Å². The second kappa shape index (κ2) is 4.45. The number of ether oxygens (including phenoxy) is 1. The molecule has 0 spiro atoms. The van der Waals surface area contributed by atoms with Crippen LogP contribution < -0.4 is 5.32 Å². The summed E-state index contributed by atoms with van der Waals surface area (Å²) >= 11 is 0. The Hall–Kier alpha value is -0.570. The molecule has 1 amide bonds. The van der Waals surface area contributed by atoms with Crippen LogP contribution in [-0.2, 0) is 9.53 Å². The summed E-state index contributed by atoms with van der Waals surface area (Å²) in [6, 6.07) is 0. The molecule has 0 aromatic rings. The van der Waals surface area contributed by atoms with Crippen molar-refractivity contribution in [3.05, 3.63) is 0 Å². The molecular formula is C9H17NO2. The van der Waals surface area contributed by atoms with Gasteiger partial charge in [0.05, 0.1) is 0 Å². The lowest BCUT2D eigenvalue weighted by atomic mass is 10.2. The molecule has 70 valence electrons. The Morgan fingerprint density at radius 2 is 2.42 bits per heavy atom. The number of carbonyl (C=O) groups excluding carboxylic acids is 1. The summed E-state index contributed by atoms with van der Waals surface area (Å²) < 4.78 is 5.23. The van der Waals surface area contributed by atoms with Crippen LogP contribution in [0.2, 0.25) is 0 Å². The third kappa shape index (κ3) is 2.81. The molecule has 1 heterocycles. The minimum absolute atomic E-state index is 0.0567. The summed E-state index contributed by atoms with van der Waals surface area (Å²) in [6.07, 6.45) is 1.72. The Morgan fingerprint density at radius 1 is 1.67 bits per heavy atom. The maximum absolute atomic E-state index is 11.3. The first-order valence-corrected chi connectivity index (χ1v) is 4.59. The Bertz CT molecular complexity index is 151. The second-order valence-electron chi connectivity index (χ2n) is 3.64. The first-order chi connectivity index (χ1) is 5.70. The molecule has 1 aliphatic rings. The van der Waals surface area contributed by atoms with Crippen molar-refractivity contribution >= 4 is 5.91 Å². The van der Waals surface area contributed by atoms with E-state index in [0.29, 0.717) is 5.92 Å². The lowest BCUT2D eigenvalue weighted by molar-refractivity contribution is -0.130. The molecule has 0 saturated carbocycles. The molecule has 1 fully saturated rings. The summed E-state index contributed by atoms with van der Waals surface area (Å²) in [5.74, 6) is 0.566. The Kier molecular flexibility index (Phi) is 3.53. The van der Waals surface area contributed by atoms with Gasteiger partial charge in [0.2, 0.25) is 5.91 Å². The molecule has 1 saturated heterocycles. The summed E-state index contributed by atoms with van der Waals surface area (Å²) in [7, 11) is 0. The highest BCUT2D eigenvalue weighted by atomic mass is 16.5.